The number of anilines is 1. The van der Waals surface area contributed by atoms with E-state index < -0.39 is 11.7 Å². The van der Waals surface area contributed by atoms with Crippen molar-refractivity contribution in [2.75, 3.05) is 32.1 Å². The molecule has 1 heterocycles. The second-order valence-corrected chi connectivity index (χ2v) is 10.9. The van der Waals surface area contributed by atoms with Crippen LogP contribution < -0.4 is 10.1 Å². The molecule has 3 atom stereocenters. The Bertz CT molecular complexity index is 1170. The molecular formula is C29H36F3N3O4. The monoisotopic (exact) mass is 547 g/mol. The Hall–Kier alpha value is -3.11. The van der Waals surface area contributed by atoms with Gasteiger partial charge in [-0.25, -0.2) is 0 Å². The highest BCUT2D eigenvalue weighted by Gasteiger charge is 2.33. The molecule has 0 radical (unpaired) electrons. The predicted octanol–water partition coefficient (Wildman–Crippen LogP) is 4.33. The molecule has 2 aromatic carbocycles. The number of fused-ring (bicyclic) bond motifs is 1. The van der Waals surface area contributed by atoms with Crippen LogP contribution in [0.3, 0.4) is 0 Å². The van der Waals surface area contributed by atoms with Crippen molar-refractivity contribution in [2.24, 2.45) is 11.8 Å². The summed E-state index contributed by atoms with van der Waals surface area (Å²) in [5.74, 6) is 0.304. The van der Waals surface area contributed by atoms with Crippen LogP contribution in [0.2, 0.25) is 0 Å². The van der Waals surface area contributed by atoms with Crippen molar-refractivity contribution in [2.45, 2.75) is 58.0 Å². The van der Waals surface area contributed by atoms with Gasteiger partial charge in [-0.15, -0.1) is 0 Å². The molecule has 39 heavy (non-hydrogen) atoms. The third-order valence-electron chi connectivity index (χ3n) is 7.36. The van der Waals surface area contributed by atoms with Gasteiger partial charge < -0.3 is 20.1 Å². The number of carbonyl (C=O) groups is 2. The second kappa shape index (κ2) is 12.0. The van der Waals surface area contributed by atoms with Crippen LogP contribution in [0.1, 0.15) is 43.4 Å². The van der Waals surface area contributed by atoms with Gasteiger partial charge in [0.1, 0.15) is 11.9 Å². The zero-order valence-electron chi connectivity index (χ0n) is 22.5. The van der Waals surface area contributed by atoms with Gasteiger partial charge in [0.05, 0.1) is 24.6 Å². The largest absolute Gasteiger partial charge is 0.488 e. The van der Waals surface area contributed by atoms with Crippen molar-refractivity contribution >= 4 is 17.5 Å². The lowest BCUT2D eigenvalue weighted by Crippen LogP contribution is -2.47. The molecule has 10 heteroatoms. The van der Waals surface area contributed by atoms with E-state index in [-0.39, 0.29) is 48.8 Å². The molecule has 2 aromatic rings. The Kier molecular flexibility index (Phi) is 8.86. The Balaban J connectivity index is 1.55. The third kappa shape index (κ3) is 7.51. The number of aliphatic hydroxyl groups is 1. The number of nitrogens with zero attached hydrogens (tertiary/aromatic N) is 2. The standard InChI is InChI=1S/C29H36F3N3O4/c1-18-14-35(19(2)17-36)27(37)13-22-12-24(33-28(38)21-6-7-21)10-11-25(22)39-26(18)16-34(3)15-20-4-8-23(9-5-20)29(30,31)32/h4-5,8-12,18-19,21,26,36H,6-7,13-17H2,1-3H3,(H,33,38)/t18-,19+,26+/m1/s1. The molecule has 0 spiro atoms. The zero-order valence-corrected chi connectivity index (χ0v) is 22.5. The van der Waals surface area contributed by atoms with E-state index in [9.17, 15) is 27.9 Å². The van der Waals surface area contributed by atoms with Gasteiger partial charge in [-0.2, -0.15) is 13.2 Å². The number of nitrogens with one attached hydrogen (secondary N) is 1. The molecule has 7 nitrogen and oxygen atoms in total. The summed E-state index contributed by atoms with van der Waals surface area (Å²) in [5, 5.41) is 12.7. The molecule has 212 valence electrons. The summed E-state index contributed by atoms with van der Waals surface area (Å²) in [6, 6.07) is 10.0. The molecular weight excluding hydrogens is 511 g/mol. The number of hydrogen-bond acceptors (Lipinski definition) is 5. The summed E-state index contributed by atoms with van der Waals surface area (Å²) in [6.45, 7) is 4.84. The molecule has 2 amide bonds. The number of aliphatic hydroxyl groups excluding tert-OH is 1. The average molecular weight is 548 g/mol. The van der Waals surface area contributed by atoms with Gasteiger partial charge in [-0.05, 0) is 62.7 Å². The third-order valence-corrected chi connectivity index (χ3v) is 7.36. The van der Waals surface area contributed by atoms with Crippen LogP contribution in [0.4, 0.5) is 18.9 Å². The molecule has 2 N–H and O–H groups in total. The van der Waals surface area contributed by atoms with Gasteiger partial charge >= 0.3 is 6.18 Å². The molecule has 1 aliphatic carbocycles. The van der Waals surface area contributed by atoms with Crippen molar-refractivity contribution in [3.05, 3.63) is 59.2 Å². The van der Waals surface area contributed by atoms with Crippen LogP contribution in [0, 0.1) is 11.8 Å². The van der Waals surface area contributed by atoms with E-state index in [0.29, 0.717) is 36.6 Å². The van der Waals surface area contributed by atoms with Crippen LogP contribution >= 0.6 is 0 Å². The lowest BCUT2D eigenvalue weighted by molar-refractivity contribution is -0.137. The van der Waals surface area contributed by atoms with Gasteiger partial charge in [0.15, 0.2) is 0 Å². The fraction of sp³-hybridized carbons (Fsp3) is 0.517. The van der Waals surface area contributed by atoms with Crippen molar-refractivity contribution in [3.63, 3.8) is 0 Å². The number of alkyl halides is 3. The number of ether oxygens (including phenoxy) is 1. The SMILES string of the molecule is C[C@@H]1CN([C@@H](C)CO)C(=O)Cc2cc(NC(=O)C3CC3)ccc2O[C@H]1CN(C)Cc1ccc(C(F)(F)F)cc1. The van der Waals surface area contributed by atoms with Crippen molar-refractivity contribution in [1.82, 2.24) is 9.80 Å². The smallest absolute Gasteiger partial charge is 0.416 e. The minimum atomic E-state index is -4.38. The highest BCUT2D eigenvalue weighted by Crippen LogP contribution is 2.33. The fourth-order valence-electron chi connectivity index (χ4n) is 4.80. The van der Waals surface area contributed by atoms with Crippen molar-refractivity contribution in [1.29, 1.82) is 0 Å². The number of hydrogen-bond donors (Lipinski definition) is 2. The van der Waals surface area contributed by atoms with Crippen molar-refractivity contribution in [3.8, 4) is 5.75 Å². The van der Waals surface area contributed by atoms with E-state index in [1.54, 1.807) is 30.0 Å². The Labute approximate surface area is 226 Å². The number of halogens is 3. The lowest BCUT2D eigenvalue weighted by Gasteiger charge is -2.34. The molecule has 0 saturated heterocycles. The van der Waals surface area contributed by atoms with Crippen LogP contribution in [0.25, 0.3) is 0 Å². The average Bonchev–Trinajstić information content (AvgIpc) is 3.72. The first kappa shape index (κ1) is 28.9. The van der Waals surface area contributed by atoms with Crippen LogP contribution in [0.5, 0.6) is 5.75 Å². The molecule has 0 bridgehead atoms. The summed E-state index contributed by atoms with van der Waals surface area (Å²) in [6.07, 6.45) is -2.91. The molecule has 1 saturated carbocycles. The molecule has 0 unspecified atom stereocenters. The topological polar surface area (TPSA) is 82.1 Å². The number of likely N-dealkylation sites (N-methyl/N-ethyl adjacent to an activating group) is 1. The molecule has 1 aliphatic heterocycles. The Morgan fingerprint density at radius 3 is 2.51 bits per heavy atom. The van der Waals surface area contributed by atoms with Gasteiger partial charge in [0, 0.05) is 42.7 Å². The van der Waals surface area contributed by atoms with E-state index in [1.165, 1.54) is 12.1 Å². The van der Waals surface area contributed by atoms with Gasteiger partial charge in [0.2, 0.25) is 11.8 Å². The Morgan fingerprint density at radius 1 is 1.21 bits per heavy atom. The molecule has 4 rings (SSSR count). The highest BCUT2D eigenvalue weighted by atomic mass is 19.4. The van der Waals surface area contributed by atoms with E-state index in [0.717, 1.165) is 30.5 Å². The number of carbonyl (C=O) groups excluding carboxylic acids is 2. The zero-order chi connectivity index (χ0) is 28.3. The highest BCUT2D eigenvalue weighted by molar-refractivity contribution is 5.94. The Morgan fingerprint density at radius 2 is 1.90 bits per heavy atom. The van der Waals surface area contributed by atoms with E-state index >= 15 is 0 Å². The summed E-state index contributed by atoms with van der Waals surface area (Å²) in [5.41, 5.74) is 1.30. The maximum atomic E-state index is 13.3. The number of benzene rings is 2. The predicted molar refractivity (Wildman–Crippen MR) is 141 cm³/mol. The van der Waals surface area contributed by atoms with Gasteiger partial charge in [-0.3, -0.25) is 14.5 Å². The van der Waals surface area contributed by atoms with E-state index in [1.807, 2.05) is 18.9 Å². The number of rotatable bonds is 8. The van der Waals surface area contributed by atoms with Crippen LogP contribution in [-0.4, -0.2) is 65.6 Å². The second-order valence-electron chi connectivity index (χ2n) is 10.9. The molecule has 2 aliphatic rings. The van der Waals surface area contributed by atoms with Crippen LogP contribution in [-0.2, 0) is 28.7 Å². The van der Waals surface area contributed by atoms with Crippen molar-refractivity contribution < 1.29 is 32.6 Å². The summed E-state index contributed by atoms with van der Waals surface area (Å²) >= 11 is 0. The lowest BCUT2D eigenvalue weighted by atomic mass is 10.0. The summed E-state index contributed by atoms with van der Waals surface area (Å²) < 4.78 is 45.3. The first-order valence-electron chi connectivity index (χ1n) is 13.3. The fourth-order valence-corrected chi connectivity index (χ4v) is 4.80. The van der Waals surface area contributed by atoms with E-state index in [4.69, 9.17) is 4.74 Å². The minimum absolute atomic E-state index is 0.0304. The van der Waals surface area contributed by atoms with Gasteiger partial charge in [-0.1, -0.05) is 19.1 Å². The first-order valence-corrected chi connectivity index (χ1v) is 13.3. The first-order chi connectivity index (χ1) is 18.4. The van der Waals surface area contributed by atoms with E-state index in [2.05, 4.69) is 5.32 Å². The normalized spacial score (nSPS) is 20.9. The van der Waals surface area contributed by atoms with Crippen LogP contribution in [0.15, 0.2) is 42.5 Å². The summed E-state index contributed by atoms with van der Waals surface area (Å²) in [4.78, 5) is 29.3. The summed E-state index contributed by atoms with van der Waals surface area (Å²) in [7, 11) is 1.87. The minimum Gasteiger partial charge on any atom is -0.488 e. The molecule has 1 fully saturated rings. The number of amides is 2. The molecule has 0 aromatic heterocycles. The maximum absolute atomic E-state index is 13.3. The van der Waals surface area contributed by atoms with Gasteiger partial charge in [0.25, 0.3) is 0 Å². The quantitative estimate of drug-likeness (QED) is 0.514. The maximum Gasteiger partial charge on any atom is 0.416 e.